The fourth-order valence-corrected chi connectivity index (χ4v) is 5.30. The van der Waals surface area contributed by atoms with E-state index in [9.17, 15) is 22.4 Å². The molecule has 0 radical (unpaired) electrons. The lowest BCUT2D eigenvalue weighted by Gasteiger charge is -2.33. The van der Waals surface area contributed by atoms with Crippen molar-refractivity contribution < 1.29 is 27.3 Å². The standard InChI is InChI=1S/C20H20FN3O4S/c21-16-6-7-18-17(12-16)19(25)20(26)24(18)14-22-8-10-23(11-9-22)29(27,28)13-15-4-2-1-3-5-15/h1-7,12H,8-11,13-14H2/p+1. The topological polar surface area (TPSA) is 79.2 Å². The Bertz CT molecular complexity index is 1050. The van der Waals surface area contributed by atoms with Crippen LogP contribution in [0.25, 0.3) is 0 Å². The third-order valence-corrected chi connectivity index (χ3v) is 7.18. The molecule has 2 aliphatic heterocycles. The zero-order chi connectivity index (χ0) is 20.6. The molecule has 0 bridgehead atoms. The summed E-state index contributed by atoms with van der Waals surface area (Å²) in [5.41, 5.74) is 1.23. The van der Waals surface area contributed by atoms with Gasteiger partial charge in [-0.05, 0) is 23.8 Å². The van der Waals surface area contributed by atoms with Crippen LogP contribution in [0.2, 0.25) is 0 Å². The Morgan fingerprint density at radius 1 is 1.00 bits per heavy atom. The number of amides is 1. The maximum Gasteiger partial charge on any atom is 0.303 e. The second-order valence-corrected chi connectivity index (χ2v) is 9.24. The van der Waals surface area contributed by atoms with E-state index in [2.05, 4.69) is 0 Å². The molecule has 0 aliphatic carbocycles. The molecule has 2 aliphatic rings. The SMILES string of the molecule is O=C1C(=O)N(C[NH+]2CCN(S(=O)(=O)Cc3ccccc3)CC2)c2ccc(F)cc21. The zero-order valence-electron chi connectivity index (χ0n) is 15.7. The first-order chi connectivity index (χ1) is 13.8. The van der Waals surface area contributed by atoms with Gasteiger partial charge in [0, 0.05) is 0 Å². The van der Waals surface area contributed by atoms with Crippen molar-refractivity contribution in [2.75, 3.05) is 37.7 Å². The van der Waals surface area contributed by atoms with Crippen molar-refractivity contribution >= 4 is 27.4 Å². The molecule has 1 saturated heterocycles. The first-order valence-electron chi connectivity index (χ1n) is 9.36. The number of nitrogens with zero attached hydrogens (tertiary/aromatic N) is 2. The van der Waals surface area contributed by atoms with Crippen molar-refractivity contribution in [2.24, 2.45) is 0 Å². The number of benzene rings is 2. The number of quaternary nitrogens is 1. The minimum Gasteiger partial charge on any atom is -0.315 e. The predicted molar refractivity (Wildman–Crippen MR) is 104 cm³/mol. The molecule has 152 valence electrons. The van der Waals surface area contributed by atoms with E-state index in [0.29, 0.717) is 31.9 Å². The second-order valence-electron chi connectivity index (χ2n) is 7.27. The largest absolute Gasteiger partial charge is 0.315 e. The highest BCUT2D eigenvalue weighted by Crippen LogP contribution is 2.28. The predicted octanol–water partition coefficient (Wildman–Crippen LogP) is 0.0430. The molecule has 1 amide bonds. The van der Waals surface area contributed by atoms with E-state index in [1.807, 2.05) is 18.2 Å². The van der Waals surface area contributed by atoms with Crippen molar-refractivity contribution in [1.82, 2.24) is 4.31 Å². The number of nitrogens with one attached hydrogen (secondary N) is 1. The Labute approximate surface area is 168 Å². The van der Waals surface area contributed by atoms with Crippen molar-refractivity contribution in [2.45, 2.75) is 5.75 Å². The Morgan fingerprint density at radius 2 is 1.69 bits per heavy atom. The van der Waals surface area contributed by atoms with Gasteiger partial charge in [-0.25, -0.2) is 12.8 Å². The van der Waals surface area contributed by atoms with Crippen LogP contribution in [0.3, 0.4) is 0 Å². The number of sulfonamides is 1. The van der Waals surface area contributed by atoms with Gasteiger partial charge < -0.3 is 4.90 Å². The van der Waals surface area contributed by atoms with E-state index < -0.39 is 27.5 Å². The summed E-state index contributed by atoms with van der Waals surface area (Å²) in [5.74, 6) is -1.97. The lowest BCUT2D eigenvalue weighted by atomic mass is 10.1. The normalized spacial score (nSPS) is 18.3. The number of rotatable bonds is 5. The average molecular weight is 418 g/mol. The van der Waals surface area contributed by atoms with Gasteiger partial charge in [-0.15, -0.1) is 0 Å². The second kappa shape index (κ2) is 7.66. The number of piperazine rings is 1. The summed E-state index contributed by atoms with van der Waals surface area (Å²) < 4.78 is 40.2. The number of carbonyl (C=O) groups is 2. The number of hydrogen-bond donors (Lipinski definition) is 1. The first kappa shape index (κ1) is 19.7. The Morgan fingerprint density at radius 3 is 2.38 bits per heavy atom. The Hall–Kier alpha value is -2.62. The van der Waals surface area contributed by atoms with Crippen LogP contribution in [0, 0.1) is 5.82 Å². The Balaban J connectivity index is 1.40. The first-order valence-corrected chi connectivity index (χ1v) is 11.0. The third kappa shape index (κ3) is 3.93. The van der Waals surface area contributed by atoms with Crippen LogP contribution in [-0.2, 0) is 20.6 Å². The van der Waals surface area contributed by atoms with Gasteiger partial charge in [-0.1, -0.05) is 30.3 Å². The van der Waals surface area contributed by atoms with Crippen LogP contribution >= 0.6 is 0 Å². The highest BCUT2D eigenvalue weighted by molar-refractivity contribution is 7.88. The molecular weight excluding hydrogens is 397 g/mol. The molecule has 9 heteroatoms. The highest BCUT2D eigenvalue weighted by Gasteiger charge is 2.39. The van der Waals surface area contributed by atoms with E-state index in [0.717, 1.165) is 16.5 Å². The lowest BCUT2D eigenvalue weighted by Crippen LogP contribution is -3.16. The number of ketones is 1. The van der Waals surface area contributed by atoms with E-state index in [4.69, 9.17) is 0 Å². The molecular formula is C20H21FN3O4S+. The van der Waals surface area contributed by atoms with Crippen LogP contribution in [0.4, 0.5) is 10.1 Å². The van der Waals surface area contributed by atoms with Crippen LogP contribution in [0.15, 0.2) is 48.5 Å². The average Bonchev–Trinajstić information content (AvgIpc) is 2.93. The van der Waals surface area contributed by atoms with E-state index in [-0.39, 0.29) is 18.0 Å². The third-order valence-electron chi connectivity index (χ3n) is 5.33. The van der Waals surface area contributed by atoms with Gasteiger partial charge >= 0.3 is 5.91 Å². The van der Waals surface area contributed by atoms with Gasteiger partial charge in [-0.2, -0.15) is 4.31 Å². The zero-order valence-corrected chi connectivity index (χ0v) is 16.5. The van der Waals surface area contributed by atoms with Crippen molar-refractivity contribution in [1.29, 1.82) is 0 Å². The lowest BCUT2D eigenvalue weighted by molar-refractivity contribution is -0.902. The maximum atomic E-state index is 13.4. The molecule has 2 heterocycles. The number of halogens is 1. The van der Waals surface area contributed by atoms with Crippen LogP contribution < -0.4 is 9.80 Å². The number of carbonyl (C=O) groups excluding carboxylic acids is 2. The minimum absolute atomic E-state index is 0.0405. The van der Waals surface area contributed by atoms with Crippen molar-refractivity contribution in [3.05, 3.63) is 65.5 Å². The Kier molecular flexibility index (Phi) is 5.20. The summed E-state index contributed by atoms with van der Waals surface area (Å²) >= 11 is 0. The molecule has 1 N–H and O–H groups in total. The van der Waals surface area contributed by atoms with Gasteiger partial charge in [0.1, 0.15) is 5.82 Å². The van der Waals surface area contributed by atoms with E-state index >= 15 is 0 Å². The van der Waals surface area contributed by atoms with Crippen LogP contribution in [-0.4, -0.2) is 57.3 Å². The molecule has 7 nitrogen and oxygen atoms in total. The highest BCUT2D eigenvalue weighted by atomic mass is 32.2. The van der Waals surface area contributed by atoms with E-state index in [1.54, 1.807) is 12.1 Å². The maximum absolute atomic E-state index is 13.4. The summed E-state index contributed by atoms with van der Waals surface area (Å²) in [6.07, 6.45) is 0. The van der Waals surface area contributed by atoms with Gasteiger partial charge in [0.25, 0.3) is 5.78 Å². The van der Waals surface area contributed by atoms with Gasteiger partial charge in [0.15, 0.2) is 6.67 Å². The minimum atomic E-state index is -3.42. The number of Topliss-reactive ketones (excluding diaryl/α,β-unsaturated/α-hetero) is 1. The molecule has 0 atom stereocenters. The van der Waals surface area contributed by atoms with Crippen LogP contribution in [0.1, 0.15) is 15.9 Å². The van der Waals surface area contributed by atoms with Gasteiger partial charge in [0.05, 0.1) is 43.2 Å². The summed E-state index contributed by atoms with van der Waals surface area (Å²) in [7, 11) is -3.42. The summed E-state index contributed by atoms with van der Waals surface area (Å²) in [4.78, 5) is 26.8. The monoisotopic (exact) mass is 418 g/mol. The number of anilines is 1. The molecule has 29 heavy (non-hydrogen) atoms. The molecule has 2 aromatic rings. The summed E-state index contributed by atoms with van der Waals surface area (Å²) in [5, 5.41) is 0. The van der Waals surface area contributed by atoms with E-state index in [1.165, 1.54) is 21.3 Å². The number of hydrogen-bond acceptors (Lipinski definition) is 4. The van der Waals surface area contributed by atoms with Crippen molar-refractivity contribution in [3.63, 3.8) is 0 Å². The smallest absolute Gasteiger partial charge is 0.303 e. The van der Waals surface area contributed by atoms with Gasteiger partial charge in [0.2, 0.25) is 10.0 Å². The van der Waals surface area contributed by atoms with Gasteiger partial charge in [-0.3, -0.25) is 14.5 Å². The molecule has 0 saturated carbocycles. The molecule has 1 fully saturated rings. The molecule has 0 unspecified atom stereocenters. The van der Waals surface area contributed by atoms with Crippen molar-refractivity contribution in [3.8, 4) is 0 Å². The number of fused-ring (bicyclic) bond motifs is 1. The molecule has 0 spiro atoms. The molecule has 2 aromatic carbocycles. The fraction of sp³-hybridized carbons (Fsp3) is 0.300. The fourth-order valence-electron chi connectivity index (χ4n) is 3.77. The summed E-state index contributed by atoms with van der Waals surface area (Å²) in [6, 6.07) is 12.8. The molecule has 4 rings (SSSR count). The molecule has 0 aromatic heterocycles. The quantitative estimate of drug-likeness (QED) is 0.696. The van der Waals surface area contributed by atoms with Crippen LogP contribution in [0.5, 0.6) is 0 Å². The summed E-state index contributed by atoms with van der Waals surface area (Å²) in [6.45, 7) is 1.97.